The summed E-state index contributed by atoms with van der Waals surface area (Å²) < 4.78 is 12.2. The molecule has 1 aromatic rings. The first kappa shape index (κ1) is 11.7. The van der Waals surface area contributed by atoms with Crippen molar-refractivity contribution in [2.75, 3.05) is 13.7 Å². The van der Waals surface area contributed by atoms with Crippen LogP contribution in [0.5, 0.6) is 11.5 Å². The molecule has 2 rings (SSSR count). The Morgan fingerprint density at radius 1 is 1.62 bits per heavy atom. The first-order chi connectivity index (χ1) is 7.67. The lowest BCUT2D eigenvalue weighted by molar-refractivity contribution is 0.243. The van der Waals surface area contributed by atoms with Crippen LogP contribution in [-0.2, 0) is 12.8 Å². The maximum Gasteiger partial charge on any atom is 0.166 e. The van der Waals surface area contributed by atoms with E-state index in [1.54, 1.807) is 7.11 Å². The maximum atomic E-state index is 5.76. The van der Waals surface area contributed by atoms with Gasteiger partial charge < -0.3 is 15.2 Å². The normalized spacial score (nSPS) is 18.1. The summed E-state index contributed by atoms with van der Waals surface area (Å²) in [5.41, 5.74) is 8.00. The van der Waals surface area contributed by atoms with Gasteiger partial charge in [0.1, 0.15) is 6.10 Å². The summed E-state index contributed by atoms with van der Waals surface area (Å²) in [6, 6.07) is 2.01. The minimum Gasteiger partial charge on any atom is -0.493 e. The highest BCUT2D eigenvalue weighted by Gasteiger charge is 2.27. The van der Waals surface area contributed by atoms with Gasteiger partial charge in [-0.1, -0.05) is 15.9 Å². The van der Waals surface area contributed by atoms with Crippen molar-refractivity contribution < 1.29 is 9.47 Å². The third-order valence-electron chi connectivity index (χ3n) is 2.79. The van der Waals surface area contributed by atoms with Gasteiger partial charge in [-0.2, -0.15) is 0 Å². The summed E-state index contributed by atoms with van der Waals surface area (Å²) in [5, 5.41) is 0. The number of hydrogen-bond donors (Lipinski definition) is 1. The molecule has 3 nitrogen and oxygen atoms in total. The van der Waals surface area contributed by atoms with Crippen molar-refractivity contribution in [3.63, 3.8) is 0 Å². The molecule has 1 aliphatic rings. The van der Waals surface area contributed by atoms with Crippen molar-refractivity contribution in [2.24, 2.45) is 5.73 Å². The van der Waals surface area contributed by atoms with Crippen LogP contribution in [0.25, 0.3) is 0 Å². The minimum atomic E-state index is 0.216. The van der Waals surface area contributed by atoms with Crippen LogP contribution in [0, 0.1) is 0 Å². The van der Waals surface area contributed by atoms with E-state index in [-0.39, 0.29) is 6.10 Å². The van der Waals surface area contributed by atoms with Gasteiger partial charge in [0.25, 0.3) is 0 Å². The van der Waals surface area contributed by atoms with Crippen LogP contribution in [0.1, 0.15) is 18.1 Å². The van der Waals surface area contributed by atoms with E-state index in [1.165, 1.54) is 11.1 Å². The van der Waals surface area contributed by atoms with E-state index < -0.39 is 0 Å². The Balaban J connectivity index is 2.50. The highest BCUT2D eigenvalue weighted by molar-refractivity contribution is 9.10. The largest absolute Gasteiger partial charge is 0.493 e. The van der Waals surface area contributed by atoms with Crippen LogP contribution < -0.4 is 15.2 Å². The van der Waals surface area contributed by atoms with Gasteiger partial charge in [-0.05, 0) is 31.5 Å². The summed E-state index contributed by atoms with van der Waals surface area (Å²) >= 11 is 3.63. The standard InChI is InChI=1S/C12H16BrNO2/c1-7-5-9-11(13)8(3-4-14)6-10(15-2)12(9)16-7/h6-7H,3-5,14H2,1-2H3. The number of fused-ring (bicyclic) bond motifs is 1. The lowest BCUT2D eigenvalue weighted by Gasteiger charge is -2.12. The Hall–Kier alpha value is -0.740. The van der Waals surface area contributed by atoms with Crippen molar-refractivity contribution in [2.45, 2.75) is 25.9 Å². The summed E-state index contributed by atoms with van der Waals surface area (Å²) in [7, 11) is 1.67. The molecule has 0 amide bonds. The molecule has 0 bridgehead atoms. The van der Waals surface area contributed by atoms with Crippen LogP contribution in [-0.4, -0.2) is 19.8 Å². The Kier molecular flexibility index (Phi) is 3.40. The van der Waals surface area contributed by atoms with E-state index in [1.807, 2.05) is 6.07 Å². The molecular formula is C12H16BrNO2. The number of methoxy groups -OCH3 is 1. The number of hydrogen-bond acceptors (Lipinski definition) is 3. The molecule has 1 aromatic carbocycles. The molecule has 1 heterocycles. The van der Waals surface area contributed by atoms with E-state index in [4.69, 9.17) is 15.2 Å². The van der Waals surface area contributed by atoms with E-state index in [2.05, 4.69) is 22.9 Å². The zero-order valence-corrected chi connectivity index (χ0v) is 11.1. The lowest BCUT2D eigenvalue weighted by Crippen LogP contribution is -2.05. The van der Waals surface area contributed by atoms with Crippen LogP contribution in [0.3, 0.4) is 0 Å². The third kappa shape index (κ3) is 1.92. The average Bonchev–Trinajstić information content (AvgIpc) is 2.65. The van der Waals surface area contributed by atoms with Gasteiger partial charge >= 0.3 is 0 Å². The predicted molar refractivity (Wildman–Crippen MR) is 67.2 cm³/mol. The molecule has 0 saturated carbocycles. The van der Waals surface area contributed by atoms with Gasteiger partial charge in [-0.3, -0.25) is 0 Å². The molecule has 0 fully saturated rings. The molecule has 1 unspecified atom stereocenters. The highest BCUT2D eigenvalue weighted by Crippen LogP contribution is 2.43. The highest BCUT2D eigenvalue weighted by atomic mass is 79.9. The van der Waals surface area contributed by atoms with Gasteiger partial charge in [-0.25, -0.2) is 0 Å². The van der Waals surface area contributed by atoms with Gasteiger partial charge in [-0.15, -0.1) is 0 Å². The third-order valence-corrected chi connectivity index (χ3v) is 3.78. The summed E-state index contributed by atoms with van der Waals surface area (Å²) in [5.74, 6) is 1.69. The van der Waals surface area contributed by atoms with Gasteiger partial charge in [0.05, 0.1) is 7.11 Å². The fraction of sp³-hybridized carbons (Fsp3) is 0.500. The van der Waals surface area contributed by atoms with Crippen molar-refractivity contribution >= 4 is 15.9 Å². The van der Waals surface area contributed by atoms with Crippen molar-refractivity contribution in [1.29, 1.82) is 0 Å². The molecule has 4 heteroatoms. The van der Waals surface area contributed by atoms with Crippen molar-refractivity contribution in [1.82, 2.24) is 0 Å². The summed E-state index contributed by atoms with van der Waals surface area (Å²) in [4.78, 5) is 0. The monoisotopic (exact) mass is 285 g/mol. The van der Waals surface area contributed by atoms with Gasteiger partial charge in [0, 0.05) is 16.5 Å². The van der Waals surface area contributed by atoms with E-state index >= 15 is 0 Å². The van der Waals surface area contributed by atoms with Crippen LogP contribution in [0.15, 0.2) is 10.5 Å². The Morgan fingerprint density at radius 2 is 2.38 bits per heavy atom. The van der Waals surface area contributed by atoms with Crippen molar-refractivity contribution in [3.8, 4) is 11.5 Å². The number of halogens is 1. The van der Waals surface area contributed by atoms with Gasteiger partial charge in [0.15, 0.2) is 11.5 Å². The molecule has 0 saturated heterocycles. The minimum absolute atomic E-state index is 0.216. The van der Waals surface area contributed by atoms with Crippen LogP contribution >= 0.6 is 15.9 Å². The number of ether oxygens (including phenoxy) is 2. The predicted octanol–water partition coefficient (Wildman–Crippen LogP) is 2.28. The summed E-state index contributed by atoms with van der Waals surface area (Å²) in [6.07, 6.45) is 1.98. The van der Waals surface area contributed by atoms with E-state index in [9.17, 15) is 0 Å². The lowest BCUT2D eigenvalue weighted by atomic mass is 10.0. The molecule has 2 N–H and O–H groups in total. The second kappa shape index (κ2) is 4.63. The molecule has 0 radical (unpaired) electrons. The molecule has 0 aliphatic carbocycles. The number of benzene rings is 1. The first-order valence-electron chi connectivity index (χ1n) is 5.42. The second-order valence-corrected chi connectivity index (χ2v) is 4.82. The summed E-state index contributed by atoms with van der Waals surface area (Å²) in [6.45, 7) is 2.70. The Bertz CT molecular complexity index is 406. The zero-order valence-electron chi connectivity index (χ0n) is 9.55. The molecule has 0 spiro atoms. The number of nitrogens with two attached hydrogens (primary N) is 1. The average molecular weight is 286 g/mol. The quantitative estimate of drug-likeness (QED) is 0.927. The molecule has 1 aliphatic heterocycles. The topological polar surface area (TPSA) is 44.5 Å². The molecule has 16 heavy (non-hydrogen) atoms. The van der Waals surface area contributed by atoms with E-state index in [0.29, 0.717) is 6.54 Å². The van der Waals surface area contributed by atoms with Crippen molar-refractivity contribution in [3.05, 3.63) is 21.7 Å². The van der Waals surface area contributed by atoms with Gasteiger partial charge in [0.2, 0.25) is 0 Å². The Morgan fingerprint density at radius 3 is 3.00 bits per heavy atom. The van der Waals surface area contributed by atoms with Crippen LogP contribution in [0.4, 0.5) is 0 Å². The maximum absolute atomic E-state index is 5.76. The van der Waals surface area contributed by atoms with E-state index in [0.717, 1.165) is 28.8 Å². The molecular weight excluding hydrogens is 270 g/mol. The first-order valence-corrected chi connectivity index (χ1v) is 6.21. The Labute approximate surface area is 104 Å². The molecule has 0 aromatic heterocycles. The molecule has 1 atom stereocenters. The smallest absolute Gasteiger partial charge is 0.166 e. The fourth-order valence-electron chi connectivity index (χ4n) is 2.06. The zero-order chi connectivity index (χ0) is 11.7. The fourth-order valence-corrected chi connectivity index (χ4v) is 2.71. The SMILES string of the molecule is COc1cc(CCN)c(Br)c2c1OC(C)C2. The molecule has 88 valence electrons. The van der Waals surface area contributed by atoms with Crippen LogP contribution in [0.2, 0.25) is 0 Å². The number of rotatable bonds is 3. The second-order valence-electron chi connectivity index (χ2n) is 4.03.